The summed E-state index contributed by atoms with van der Waals surface area (Å²) < 4.78 is 2.18. The molecule has 3 aromatic heterocycles. The first-order valence-electron chi connectivity index (χ1n) is 9.99. The summed E-state index contributed by atoms with van der Waals surface area (Å²) in [6, 6.07) is 2.12. The quantitative estimate of drug-likeness (QED) is 0.706. The number of H-pyrrole nitrogens is 1. The minimum Gasteiger partial charge on any atom is -0.345 e. The summed E-state index contributed by atoms with van der Waals surface area (Å²) in [6.45, 7) is 4.50. The Morgan fingerprint density at radius 3 is 3.00 bits per heavy atom. The number of hydrogen-bond acceptors (Lipinski definition) is 4. The van der Waals surface area contributed by atoms with Crippen LogP contribution in [0.5, 0.6) is 0 Å². The van der Waals surface area contributed by atoms with Crippen LogP contribution < -0.4 is 0 Å². The molecule has 2 aliphatic heterocycles. The Bertz CT molecular complexity index is 1070. The maximum absolute atomic E-state index is 13.2. The van der Waals surface area contributed by atoms with Crippen molar-refractivity contribution in [2.24, 2.45) is 10.9 Å². The van der Waals surface area contributed by atoms with Gasteiger partial charge in [-0.05, 0) is 24.8 Å². The Hall–Kier alpha value is -2.90. The Balaban J connectivity index is 1.49. The lowest BCUT2D eigenvalue weighted by atomic mass is 9.86. The van der Waals surface area contributed by atoms with Crippen molar-refractivity contribution in [2.75, 3.05) is 26.7 Å². The second-order valence-electron chi connectivity index (χ2n) is 7.84. The van der Waals surface area contributed by atoms with Crippen molar-refractivity contribution in [3.63, 3.8) is 0 Å². The molecule has 0 bridgehead atoms. The van der Waals surface area contributed by atoms with Crippen molar-refractivity contribution in [2.45, 2.75) is 32.1 Å². The van der Waals surface area contributed by atoms with Crippen molar-refractivity contribution in [1.82, 2.24) is 29.2 Å². The highest BCUT2D eigenvalue weighted by molar-refractivity contribution is 5.99. The number of urea groups is 1. The van der Waals surface area contributed by atoms with E-state index in [1.54, 1.807) is 7.05 Å². The van der Waals surface area contributed by atoms with Gasteiger partial charge in [0.05, 0.1) is 23.4 Å². The van der Waals surface area contributed by atoms with Gasteiger partial charge in [0.25, 0.3) is 0 Å². The van der Waals surface area contributed by atoms with Gasteiger partial charge in [-0.25, -0.2) is 14.8 Å². The van der Waals surface area contributed by atoms with Crippen molar-refractivity contribution >= 4 is 28.5 Å². The van der Waals surface area contributed by atoms with Crippen molar-refractivity contribution in [1.29, 1.82) is 0 Å². The van der Waals surface area contributed by atoms with E-state index in [4.69, 9.17) is 4.98 Å². The molecule has 146 valence electrons. The third-order valence-electron chi connectivity index (χ3n) is 6.23. The van der Waals surface area contributed by atoms with Crippen molar-refractivity contribution in [3.8, 4) is 0 Å². The third kappa shape index (κ3) is 2.58. The molecule has 2 amide bonds. The largest absolute Gasteiger partial charge is 0.345 e. The van der Waals surface area contributed by atoms with E-state index in [1.165, 1.54) is 0 Å². The fourth-order valence-electron chi connectivity index (χ4n) is 4.61. The maximum Gasteiger partial charge on any atom is 0.325 e. The third-order valence-corrected chi connectivity index (χ3v) is 6.23. The zero-order chi connectivity index (χ0) is 19.3. The van der Waals surface area contributed by atoms with Gasteiger partial charge in [0.1, 0.15) is 11.7 Å². The average Bonchev–Trinajstić information content (AvgIpc) is 3.45. The number of carbonyl (C=O) groups is 1. The molecule has 2 saturated heterocycles. The summed E-state index contributed by atoms with van der Waals surface area (Å²) in [5.74, 6) is 2.56. The van der Waals surface area contributed by atoms with Crippen LogP contribution in [0, 0.1) is 5.92 Å². The molecular weight excluding hydrogens is 354 g/mol. The Morgan fingerprint density at radius 2 is 2.14 bits per heavy atom. The topological polar surface area (TPSA) is 81.9 Å². The average molecular weight is 379 g/mol. The second kappa shape index (κ2) is 6.61. The van der Waals surface area contributed by atoms with E-state index in [2.05, 4.69) is 26.3 Å². The lowest BCUT2D eigenvalue weighted by molar-refractivity contribution is 0.143. The van der Waals surface area contributed by atoms with Crippen LogP contribution >= 0.6 is 0 Å². The summed E-state index contributed by atoms with van der Waals surface area (Å²) in [5, 5.41) is 0. The summed E-state index contributed by atoms with van der Waals surface area (Å²) in [5.41, 5.74) is 2.86. The zero-order valence-corrected chi connectivity index (χ0v) is 16.3. The first kappa shape index (κ1) is 17.2. The molecule has 8 heteroatoms. The van der Waals surface area contributed by atoms with Gasteiger partial charge in [0.15, 0.2) is 5.65 Å². The van der Waals surface area contributed by atoms with Gasteiger partial charge in [-0.2, -0.15) is 0 Å². The molecule has 3 aromatic rings. The Labute approximate surface area is 163 Å². The molecule has 0 aliphatic carbocycles. The van der Waals surface area contributed by atoms with Crippen LogP contribution in [0.3, 0.4) is 0 Å². The lowest BCUT2D eigenvalue weighted by Gasteiger charge is -2.38. The molecule has 5 rings (SSSR count). The monoisotopic (exact) mass is 379 g/mol. The number of amidine groups is 1. The minimum absolute atomic E-state index is 0.0873. The molecule has 8 nitrogen and oxygen atoms in total. The van der Waals surface area contributed by atoms with Crippen LogP contribution in [0.25, 0.3) is 16.7 Å². The van der Waals surface area contributed by atoms with Gasteiger partial charge in [0.2, 0.25) is 0 Å². The Morgan fingerprint density at radius 1 is 1.29 bits per heavy atom. The predicted molar refractivity (Wildman–Crippen MR) is 108 cm³/mol. The van der Waals surface area contributed by atoms with E-state index in [1.807, 2.05) is 34.5 Å². The smallest absolute Gasteiger partial charge is 0.325 e. The van der Waals surface area contributed by atoms with Crippen LogP contribution in [0.4, 0.5) is 4.79 Å². The maximum atomic E-state index is 13.2. The molecule has 0 radical (unpaired) electrons. The number of nitrogens with zero attached hydrogens (tertiary/aromatic N) is 6. The van der Waals surface area contributed by atoms with Crippen LogP contribution in [0.2, 0.25) is 0 Å². The van der Waals surface area contributed by atoms with E-state index >= 15 is 0 Å². The molecule has 1 N–H and O–H groups in total. The van der Waals surface area contributed by atoms with Crippen LogP contribution in [0.15, 0.2) is 29.6 Å². The summed E-state index contributed by atoms with van der Waals surface area (Å²) in [6.07, 6.45) is 8.48. The van der Waals surface area contributed by atoms with E-state index < -0.39 is 0 Å². The van der Waals surface area contributed by atoms with Gasteiger partial charge in [-0.1, -0.05) is 6.92 Å². The zero-order valence-electron chi connectivity index (χ0n) is 16.3. The number of aliphatic imine (C=N–C) groups is 1. The number of amides is 2. The number of hydrogen-bond donors (Lipinski definition) is 1. The molecule has 0 spiro atoms. The molecule has 28 heavy (non-hydrogen) atoms. The number of aromatic amines is 1. The highest BCUT2D eigenvalue weighted by atomic mass is 16.2. The molecule has 0 aromatic carbocycles. The SMILES string of the molecule is CN=C1CCCN1C(=O)N1CC[C@@H](C)[C@@H](c2ncc3cnc4[nH]ccc4n23)C1. The van der Waals surface area contributed by atoms with E-state index in [0.717, 1.165) is 60.7 Å². The van der Waals surface area contributed by atoms with Gasteiger partial charge in [-0.3, -0.25) is 14.3 Å². The van der Waals surface area contributed by atoms with Crippen LogP contribution in [0.1, 0.15) is 37.9 Å². The molecular formula is C20H25N7O. The lowest BCUT2D eigenvalue weighted by Crippen LogP contribution is -2.49. The number of carbonyl (C=O) groups excluding carboxylic acids is 1. The summed E-state index contributed by atoms with van der Waals surface area (Å²) in [7, 11) is 1.77. The number of likely N-dealkylation sites (tertiary alicyclic amines) is 2. The molecule has 2 atom stereocenters. The standard InChI is InChI=1S/C20H25N7O/c1-13-6-9-25(20(28)26-8-3-4-17(26)21-2)12-15(13)19-24-11-14-10-23-18-16(27(14)19)5-7-22-18/h5,7,10-11,13,15,22H,3-4,6,8-9,12H2,1-2H3/t13-,15+/m1/s1. The van der Waals surface area contributed by atoms with E-state index in [-0.39, 0.29) is 11.9 Å². The van der Waals surface area contributed by atoms with Gasteiger partial charge < -0.3 is 9.88 Å². The number of fused-ring (bicyclic) bond motifs is 3. The number of piperidine rings is 1. The Kier molecular flexibility index (Phi) is 4.07. The fourth-order valence-corrected chi connectivity index (χ4v) is 4.61. The van der Waals surface area contributed by atoms with Crippen molar-refractivity contribution in [3.05, 3.63) is 30.5 Å². The van der Waals surface area contributed by atoms with Crippen LogP contribution in [-0.4, -0.2) is 67.7 Å². The predicted octanol–water partition coefficient (Wildman–Crippen LogP) is 2.88. The summed E-state index contributed by atoms with van der Waals surface area (Å²) >= 11 is 0. The van der Waals surface area contributed by atoms with Crippen molar-refractivity contribution < 1.29 is 4.79 Å². The molecule has 2 aliphatic rings. The number of nitrogens with one attached hydrogen (secondary N) is 1. The highest BCUT2D eigenvalue weighted by Gasteiger charge is 2.36. The highest BCUT2D eigenvalue weighted by Crippen LogP contribution is 2.33. The molecule has 0 saturated carbocycles. The van der Waals surface area contributed by atoms with E-state index in [0.29, 0.717) is 12.5 Å². The number of aromatic nitrogens is 4. The van der Waals surface area contributed by atoms with Gasteiger partial charge in [-0.15, -0.1) is 0 Å². The second-order valence-corrected chi connectivity index (χ2v) is 7.84. The van der Waals surface area contributed by atoms with Gasteiger partial charge >= 0.3 is 6.03 Å². The summed E-state index contributed by atoms with van der Waals surface area (Å²) in [4.78, 5) is 33.7. The fraction of sp³-hybridized carbons (Fsp3) is 0.500. The minimum atomic E-state index is 0.0873. The normalized spacial score (nSPS) is 24.7. The number of imidazole rings is 1. The first-order chi connectivity index (χ1) is 13.7. The molecule has 5 heterocycles. The van der Waals surface area contributed by atoms with E-state index in [9.17, 15) is 4.79 Å². The first-order valence-corrected chi connectivity index (χ1v) is 9.99. The van der Waals surface area contributed by atoms with Gasteiger partial charge in [0, 0.05) is 45.2 Å². The molecule has 2 fully saturated rings. The molecule has 0 unspecified atom stereocenters. The van der Waals surface area contributed by atoms with Crippen LogP contribution in [-0.2, 0) is 0 Å². The number of rotatable bonds is 1.